The highest BCUT2D eigenvalue weighted by Crippen LogP contribution is 2.33. The van der Waals surface area contributed by atoms with E-state index in [0.29, 0.717) is 13.0 Å². The first kappa shape index (κ1) is 21.5. The van der Waals surface area contributed by atoms with Gasteiger partial charge in [0.2, 0.25) is 5.91 Å². The molecule has 0 unspecified atom stereocenters. The maximum Gasteiger partial charge on any atom is 0.490 e. The topological polar surface area (TPSA) is 94.1 Å². The molecule has 2 aliphatic rings. The van der Waals surface area contributed by atoms with Crippen molar-refractivity contribution in [1.82, 2.24) is 19.7 Å². The van der Waals surface area contributed by atoms with Gasteiger partial charge in [-0.2, -0.15) is 13.2 Å². The second-order valence-corrected chi connectivity index (χ2v) is 6.68. The molecule has 3 heterocycles. The number of urea groups is 1. The van der Waals surface area contributed by atoms with Crippen LogP contribution in [0.1, 0.15) is 18.4 Å². The number of carbonyl (C=O) groups excluding carboxylic acids is 2. The van der Waals surface area contributed by atoms with E-state index in [4.69, 9.17) is 9.90 Å². The minimum absolute atomic E-state index is 0.000983. The number of carboxylic acid groups (broad SMARTS) is 1. The Kier molecular flexibility index (Phi) is 6.47. The molecule has 11 heteroatoms. The highest BCUT2D eigenvalue weighted by atomic mass is 19.4. The van der Waals surface area contributed by atoms with Crippen molar-refractivity contribution in [2.24, 2.45) is 0 Å². The van der Waals surface area contributed by atoms with Gasteiger partial charge in [0.1, 0.15) is 0 Å². The molecule has 0 saturated carbocycles. The molecule has 2 aliphatic heterocycles. The Morgan fingerprint density at radius 3 is 2.32 bits per heavy atom. The molecular weight excluding hydrogens is 381 g/mol. The van der Waals surface area contributed by atoms with Crippen molar-refractivity contribution >= 4 is 17.9 Å². The molecular formula is C17H21F3N4O4. The van der Waals surface area contributed by atoms with Crippen molar-refractivity contribution in [3.8, 4) is 0 Å². The lowest BCUT2D eigenvalue weighted by molar-refractivity contribution is -0.192. The van der Waals surface area contributed by atoms with E-state index < -0.39 is 12.1 Å². The first-order valence-corrected chi connectivity index (χ1v) is 8.48. The number of nitrogens with zero attached hydrogens (tertiary/aromatic N) is 4. The summed E-state index contributed by atoms with van der Waals surface area (Å²) in [6.07, 6.45) is -0.301. The van der Waals surface area contributed by atoms with Gasteiger partial charge in [0.15, 0.2) is 0 Å². The number of likely N-dealkylation sites (tertiary alicyclic amines) is 2. The quantitative estimate of drug-likeness (QED) is 0.811. The van der Waals surface area contributed by atoms with Gasteiger partial charge in [-0.25, -0.2) is 9.59 Å². The molecule has 2 saturated heterocycles. The van der Waals surface area contributed by atoms with Crippen LogP contribution >= 0.6 is 0 Å². The van der Waals surface area contributed by atoms with Crippen molar-refractivity contribution in [2.45, 2.75) is 37.6 Å². The number of carboxylic acids is 1. The average molecular weight is 402 g/mol. The predicted molar refractivity (Wildman–Crippen MR) is 91.1 cm³/mol. The number of aromatic nitrogens is 1. The van der Waals surface area contributed by atoms with Gasteiger partial charge < -0.3 is 19.8 Å². The third-order valence-electron chi connectivity index (χ3n) is 4.59. The van der Waals surface area contributed by atoms with E-state index in [9.17, 15) is 22.8 Å². The second-order valence-electron chi connectivity index (χ2n) is 6.68. The molecule has 2 atom stereocenters. The molecule has 2 fully saturated rings. The normalized spacial score (nSPS) is 21.1. The zero-order valence-corrected chi connectivity index (χ0v) is 15.4. The lowest BCUT2D eigenvalue weighted by atomic mass is 10.1. The van der Waals surface area contributed by atoms with Gasteiger partial charge in [-0.1, -0.05) is 0 Å². The lowest BCUT2D eigenvalue weighted by Gasteiger charge is -2.27. The van der Waals surface area contributed by atoms with Crippen molar-refractivity contribution < 1.29 is 32.7 Å². The SMILES string of the molecule is CN(C)C(=O)N1CC[C@H]2[C@H]1CC(=O)N2Cc1ccncc1.O=C(O)C(F)(F)F. The van der Waals surface area contributed by atoms with Crippen LogP contribution in [0.4, 0.5) is 18.0 Å². The van der Waals surface area contributed by atoms with E-state index in [2.05, 4.69) is 4.98 Å². The smallest absolute Gasteiger partial charge is 0.475 e. The van der Waals surface area contributed by atoms with E-state index >= 15 is 0 Å². The van der Waals surface area contributed by atoms with Crippen molar-refractivity contribution in [3.63, 3.8) is 0 Å². The number of fused-ring (bicyclic) bond motifs is 1. The molecule has 1 aromatic rings. The monoisotopic (exact) mass is 402 g/mol. The van der Waals surface area contributed by atoms with Crippen LogP contribution in [-0.4, -0.2) is 81.6 Å². The lowest BCUT2D eigenvalue weighted by Crippen LogP contribution is -2.44. The van der Waals surface area contributed by atoms with Crippen LogP contribution in [0.15, 0.2) is 24.5 Å². The predicted octanol–water partition coefficient (Wildman–Crippen LogP) is 1.57. The van der Waals surface area contributed by atoms with Crippen LogP contribution in [0.3, 0.4) is 0 Å². The third kappa shape index (κ3) is 4.90. The first-order valence-electron chi connectivity index (χ1n) is 8.48. The first-order chi connectivity index (χ1) is 13.0. The maximum atomic E-state index is 12.3. The molecule has 28 heavy (non-hydrogen) atoms. The van der Waals surface area contributed by atoms with Gasteiger partial charge in [0, 0.05) is 46.0 Å². The van der Waals surface area contributed by atoms with Gasteiger partial charge >= 0.3 is 18.2 Å². The Balaban J connectivity index is 0.000000345. The molecule has 1 N–H and O–H groups in total. The standard InChI is InChI=1S/C15H20N4O2.C2HF3O2/c1-17(2)15(21)18-8-5-12-13(18)9-14(20)19(12)10-11-3-6-16-7-4-11;3-2(4,5)1(6)7/h3-4,6-7,12-13H,5,8-10H2,1-2H3;(H,6,7)/t12-,13+;/m0./s1. The third-order valence-corrected chi connectivity index (χ3v) is 4.59. The number of rotatable bonds is 2. The largest absolute Gasteiger partial charge is 0.490 e. The Labute approximate surface area is 159 Å². The molecule has 0 aliphatic carbocycles. The molecule has 1 aromatic heterocycles. The number of pyridine rings is 1. The number of hydrogen-bond acceptors (Lipinski definition) is 4. The van der Waals surface area contributed by atoms with Crippen molar-refractivity contribution in [1.29, 1.82) is 0 Å². The summed E-state index contributed by atoms with van der Waals surface area (Å²) >= 11 is 0. The molecule has 8 nitrogen and oxygen atoms in total. The zero-order chi connectivity index (χ0) is 21.1. The van der Waals surface area contributed by atoms with Crippen LogP contribution in [0, 0.1) is 0 Å². The summed E-state index contributed by atoms with van der Waals surface area (Å²) in [5, 5.41) is 7.12. The fourth-order valence-electron chi connectivity index (χ4n) is 3.31. The summed E-state index contributed by atoms with van der Waals surface area (Å²) in [4.78, 5) is 42.7. The van der Waals surface area contributed by atoms with E-state index in [1.165, 1.54) is 0 Å². The molecule has 3 rings (SSSR count). The molecule has 0 radical (unpaired) electrons. The number of amides is 3. The van der Waals surface area contributed by atoms with Gasteiger partial charge in [-0.15, -0.1) is 0 Å². The van der Waals surface area contributed by atoms with Gasteiger partial charge in [-0.05, 0) is 24.1 Å². The summed E-state index contributed by atoms with van der Waals surface area (Å²) in [7, 11) is 3.50. The fourth-order valence-corrected chi connectivity index (χ4v) is 3.31. The molecule has 0 aromatic carbocycles. The number of hydrogen-bond donors (Lipinski definition) is 1. The van der Waals surface area contributed by atoms with E-state index in [0.717, 1.165) is 18.5 Å². The highest BCUT2D eigenvalue weighted by molar-refractivity contribution is 5.83. The van der Waals surface area contributed by atoms with E-state index in [-0.39, 0.29) is 24.0 Å². The zero-order valence-electron chi connectivity index (χ0n) is 15.4. The summed E-state index contributed by atoms with van der Waals surface area (Å²) < 4.78 is 31.7. The summed E-state index contributed by atoms with van der Waals surface area (Å²) in [6.45, 7) is 1.33. The Morgan fingerprint density at radius 2 is 1.82 bits per heavy atom. The maximum absolute atomic E-state index is 12.3. The molecule has 0 bridgehead atoms. The molecule has 154 valence electrons. The molecule has 0 spiro atoms. The number of alkyl halides is 3. The summed E-state index contributed by atoms with van der Waals surface area (Å²) in [5.74, 6) is -2.62. The average Bonchev–Trinajstić information content (AvgIpc) is 3.14. The van der Waals surface area contributed by atoms with Crippen LogP contribution in [0.25, 0.3) is 0 Å². The second kappa shape index (κ2) is 8.44. The Hall–Kier alpha value is -2.85. The van der Waals surface area contributed by atoms with Crippen LogP contribution in [-0.2, 0) is 16.1 Å². The van der Waals surface area contributed by atoms with Gasteiger partial charge in [0.25, 0.3) is 0 Å². The summed E-state index contributed by atoms with van der Waals surface area (Å²) in [5.41, 5.74) is 1.08. The van der Waals surface area contributed by atoms with Crippen LogP contribution < -0.4 is 0 Å². The minimum Gasteiger partial charge on any atom is -0.475 e. The van der Waals surface area contributed by atoms with Crippen LogP contribution in [0.5, 0.6) is 0 Å². The number of carbonyl (C=O) groups is 3. The fraction of sp³-hybridized carbons (Fsp3) is 0.529. The summed E-state index contributed by atoms with van der Waals surface area (Å²) in [6, 6.07) is 4.03. The van der Waals surface area contributed by atoms with Gasteiger partial charge in [0.05, 0.1) is 12.1 Å². The van der Waals surface area contributed by atoms with E-state index in [1.54, 1.807) is 31.4 Å². The molecule has 3 amide bonds. The highest BCUT2D eigenvalue weighted by Gasteiger charge is 2.48. The van der Waals surface area contributed by atoms with Gasteiger partial charge in [-0.3, -0.25) is 9.78 Å². The number of aliphatic carboxylic acids is 1. The van der Waals surface area contributed by atoms with Crippen molar-refractivity contribution in [3.05, 3.63) is 30.1 Å². The number of halogens is 3. The minimum atomic E-state index is -5.08. The van der Waals surface area contributed by atoms with Crippen LogP contribution in [0.2, 0.25) is 0 Å². The van der Waals surface area contributed by atoms with E-state index in [1.807, 2.05) is 21.9 Å². The Morgan fingerprint density at radius 1 is 1.25 bits per heavy atom. The van der Waals surface area contributed by atoms with Crippen molar-refractivity contribution in [2.75, 3.05) is 20.6 Å². The Bertz CT molecular complexity index is 727.